The van der Waals surface area contributed by atoms with Crippen LogP contribution in [0.4, 0.5) is 5.95 Å². The van der Waals surface area contributed by atoms with Gasteiger partial charge in [0.05, 0.1) is 24.5 Å². The Morgan fingerprint density at radius 2 is 2.00 bits per heavy atom. The number of aryl methyl sites for hydroxylation is 1. The van der Waals surface area contributed by atoms with Crippen LogP contribution in [0.15, 0.2) is 29.3 Å². The molecule has 2 aromatic rings. The maximum atomic E-state index is 4.69. The number of hydrogen-bond acceptors (Lipinski definition) is 6. The number of nitrogens with one attached hydrogen (secondary N) is 2. The quantitative estimate of drug-likeness (QED) is 0.868. The topological polar surface area (TPSA) is 65.4 Å². The Hall–Kier alpha value is -2.21. The van der Waals surface area contributed by atoms with Gasteiger partial charge in [0.1, 0.15) is 0 Å². The molecule has 0 spiro atoms. The van der Waals surface area contributed by atoms with E-state index in [-0.39, 0.29) is 0 Å². The Morgan fingerprint density at radius 3 is 2.81 bits per heavy atom. The van der Waals surface area contributed by atoms with Crippen molar-refractivity contribution >= 4 is 22.8 Å². The predicted molar refractivity (Wildman–Crippen MR) is 106 cm³/mol. The SMILES string of the molecule is Cc1nc(NC2=NCN([C@@H]3CCC[C@H](C)[C@H]3C)CN2)nc2ccccc12. The van der Waals surface area contributed by atoms with Crippen molar-refractivity contribution in [2.75, 3.05) is 18.7 Å². The summed E-state index contributed by atoms with van der Waals surface area (Å²) in [6, 6.07) is 8.70. The van der Waals surface area contributed by atoms with E-state index in [2.05, 4.69) is 45.4 Å². The van der Waals surface area contributed by atoms with E-state index < -0.39 is 0 Å². The minimum atomic E-state index is 0.598. The van der Waals surface area contributed by atoms with Gasteiger partial charge in [-0.15, -0.1) is 0 Å². The number of guanidine groups is 1. The van der Waals surface area contributed by atoms with Gasteiger partial charge in [-0.25, -0.2) is 15.0 Å². The third-order valence-electron chi connectivity index (χ3n) is 6.02. The van der Waals surface area contributed by atoms with Gasteiger partial charge in [0.25, 0.3) is 0 Å². The minimum absolute atomic E-state index is 0.598. The maximum absolute atomic E-state index is 4.69. The Labute approximate surface area is 155 Å². The number of aromatic nitrogens is 2. The summed E-state index contributed by atoms with van der Waals surface area (Å²) in [5, 5.41) is 7.74. The summed E-state index contributed by atoms with van der Waals surface area (Å²) >= 11 is 0. The number of aliphatic imine (C=N–C) groups is 1. The molecule has 1 aliphatic carbocycles. The number of benzene rings is 1. The normalized spacial score (nSPS) is 27.0. The molecule has 1 aromatic heterocycles. The third-order valence-corrected chi connectivity index (χ3v) is 6.02. The molecular weight excluding hydrogens is 324 g/mol. The van der Waals surface area contributed by atoms with Gasteiger partial charge in [0.15, 0.2) is 0 Å². The van der Waals surface area contributed by atoms with Crippen LogP contribution in [-0.2, 0) is 0 Å². The fraction of sp³-hybridized carbons (Fsp3) is 0.550. The molecule has 0 unspecified atom stereocenters. The molecule has 3 atom stereocenters. The summed E-state index contributed by atoms with van der Waals surface area (Å²) < 4.78 is 0. The molecule has 0 bridgehead atoms. The highest BCUT2D eigenvalue weighted by atomic mass is 15.4. The van der Waals surface area contributed by atoms with Crippen molar-refractivity contribution in [2.24, 2.45) is 16.8 Å². The van der Waals surface area contributed by atoms with Crippen molar-refractivity contribution in [1.82, 2.24) is 20.2 Å². The lowest BCUT2D eigenvalue weighted by molar-refractivity contribution is 0.0771. The molecule has 4 rings (SSSR count). The van der Waals surface area contributed by atoms with Crippen LogP contribution in [0, 0.1) is 18.8 Å². The molecule has 2 aliphatic rings. The molecule has 138 valence electrons. The summed E-state index contributed by atoms with van der Waals surface area (Å²) in [6.07, 6.45) is 3.96. The molecule has 6 nitrogen and oxygen atoms in total. The smallest absolute Gasteiger partial charge is 0.230 e. The van der Waals surface area contributed by atoms with Crippen molar-refractivity contribution in [3.05, 3.63) is 30.0 Å². The fourth-order valence-corrected chi connectivity index (χ4v) is 4.22. The van der Waals surface area contributed by atoms with E-state index in [1.165, 1.54) is 19.3 Å². The number of hydrogen-bond donors (Lipinski definition) is 2. The fourth-order valence-electron chi connectivity index (χ4n) is 4.22. The van der Waals surface area contributed by atoms with Gasteiger partial charge < -0.3 is 5.32 Å². The lowest BCUT2D eigenvalue weighted by atomic mass is 9.77. The molecule has 26 heavy (non-hydrogen) atoms. The molecule has 0 amide bonds. The average molecular weight is 352 g/mol. The molecule has 0 saturated heterocycles. The molecule has 1 fully saturated rings. The van der Waals surface area contributed by atoms with E-state index in [1.54, 1.807) is 0 Å². The first-order valence-corrected chi connectivity index (χ1v) is 9.64. The molecular formula is C20H28N6. The standard InChI is InChI=1S/C20H28N6/c1-13-7-6-10-18(14(13)2)26-11-21-19(22-12-26)25-20-23-15(3)16-8-4-5-9-17(16)24-20/h4-5,8-9,13-14,18H,6-7,10-12H2,1-3H3,(H2,21,22,23,24,25)/t13-,14+,18+/m0/s1. The van der Waals surface area contributed by atoms with Crippen LogP contribution in [0.1, 0.15) is 38.8 Å². The molecule has 1 aromatic carbocycles. The van der Waals surface area contributed by atoms with Crippen LogP contribution in [-0.4, -0.2) is 40.2 Å². The first kappa shape index (κ1) is 17.2. The van der Waals surface area contributed by atoms with Gasteiger partial charge in [-0.1, -0.05) is 44.9 Å². The zero-order valence-electron chi connectivity index (χ0n) is 15.9. The van der Waals surface area contributed by atoms with E-state index in [4.69, 9.17) is 4.99 Å². The van der Waals surface area contributed by atoms with Crippen LogP contribution in [0.5, 0.6) is 0 Å². The van der Waals surface area contributed by atoms with E-state index in [9.17, 15) is 0 Å². The van der Waals surface area contributed by atoms with E-state index in [0.717, 1.165) is 47.7 Å². The molecule has 2 N–H and O–H groups in total. The first-order valence-electron chi connectivity index (χ1n) is 9.64. The zero-order chi connectivity index (χ0) is 18.1. The molecule has 1 aliphatic heterocycles. The van der Waals surface area contributed by atoms with E-state index in [1.807, 2.05) is 25.1 Å². The summed E-state index contributed by atoms with van der Waals surface area (Å²) in [6.45, 7) is 8.32. The average Bonchev–Trinajstić information content (AvgIpc) is 2.65. The second-order valence-electron chi connectivity index (χ2n) is 7.68. The molecule has 6 heteroatoms. The van der Waals surface area contributed by atoms with Crippen LogP contribution < -0.4 is 10.6 Å². The summed E-state index contributed by atoms with van der Waals surface area (Å²) in [5.41, 5.74) is 1.92. The number of anilines is 1. The Morgan fingerprint density at radius 1 is 1.15 bits per heavy atom. The van der Waals surface area contributed by atoms with Gasteiger partial charge in [-0.3, -0.25) is 10.2 Å². The monoisotopic (exact) mass is 352 g/mol. The minimum Gasteiger partial charge on any atom is -0.343 e. The van der Waals surface area contributed by atoms with Crippen LogP contribution in [0.2, 0.25) is 0 Å². The number of para-hydroxylation sites is 1. The summed E-state index contributed by atoms with van der Waals surface area (Å²) in [5.74, 6) is 2.88. The second kappa shape index (κ2) is 7.19. The largest absolute Gasteiger partial charge is 0.343 e. The molecule has 1 saturated carbocycles. The van der Waals surface area contributed by atoms with Crippen molar-refractivity contribution < 1.29 is 0 Å². The Bertz CT molecular complexity index is 817. The van der Waals surface area contributed by atoms with Gasteiger partial charge in [-0.05, 0) is 31.2 Å². The number of fused-ring (bicyclic) bond motifs is 1. The lowest BCUT2D eigenvalue weighted by Gasteiger charge is -2.42. The summed E-state index contributed by atoms with van der Waals surface area (Å²) in [4.78, 5) is 16.3. The predicted octanol–water partition coefficient (Wildman–Crippen LogP) is 3.35. The van der Waals surface area contributed by atoms with Crippen molar-refractivity contribution in [2.45, 2.75) is 46.1 Å². The van der Waals surface area contributed by atoms with E-state index in [0.29, 0.717) is 12.0 Å². The molecule has 0 radical (unpaired) electrons. The highest BCUT2D eigenvalue weighted by molar-refractivity contribution is 5.93. The second-order valence-corrected chi connectivity index (χ2v) is 7.68. The Balaban J connectivity index is 1.45. The van der Waals surface area contributed by atoms with Crippen molar-refractivity contribution in [3.63, 3.8) is 0 Å². The van der Waals surface area contributed by atoms with Gasteiger partial charge in [0, 0.05) is 11.4 Å². The van der Waals surface area contributed by atoms with Gasteiger partial charge in [0.2, 0.25) is 11.9 Å². The highest BCUT2D eigenvalue weighted by Crippen LogP contribution is 2.32. The Kier molecular flexibility index (Phi) is 4.76. The van der Waals surface area contributed by atoms with Crippen molar-refractivity contribution in [1.29, 1.82) is 0 Å². The van der Waals surface area contributed by atoms with Crippen LogP contribution in [0.25, 0.3) is 10.9 Å². The van der Waals surface area contributed by atoms with E-state index >= 15 is 0 Å². The number of nitrogens with zero attached hydrogens (tertiary/aromatic N) is 4. The first-order chi connectivity index (χ1) is 12.6. The zero-order valence-corrected chi connectivity index (χ0v) is 15.9. The third kappa shape index (κ3) is 3.38. The van der Waals surface area contributed by atoms with Crippen LogP contribution in [0.3, 0.4) is 0 Å². The van der Waals surface area contributed by atoms with Gasteiger partial charge in [-0.2, -0.15) is 0 Å². The van der Waals surface area contributed by atoms with Crippen molar-refractivity contribution in [3.8, 4) is 0 Å². The maximum Gasteiger partial charge on any atom is 0.230 e. The highest BCUT2D eigenvalue weighted by Gasteiger charge is 2.32. The lowest BCUT2D eigenvalue weighted by Crippen LogP contribution is -2.53. The summed E-state index contributed by atoms with van der Waals surface area (Å²) in [7, 11) is 0. The van der Waals surface area contributed by atoms with Crippen LogP contribution >= 0.6 is 0 Å². The molecule has 2 heterocycles. The van der Waals surface area contributed by atoms with Gasteiger partial charge >= 0.3 is 0 Å². The number of rotatable bonds is 2.